The van der Waals surface area contributed by atoms with E-state index in [9.17, 15) is 16.8 Å². The summed E-state index contributed by atoms with van der Waals surface area (Å²) in [5.41, 5.74) is 0. The Hall–Kier alpha value is -0.960. The van der Waals surface area contributed by atoms with Crippen LogP contribution in [0.15, 0.2) is 39.5 Å². The van der Waals surface area contributed by atoms with Gasteiger partial charge in [-0.25, -0.2) is 0 Å². The van der Waals surface area contributed by atoms with Crippen LogP contribution in [0.3, 0.4) is 0 Å². The van der Waals surface area contributed by atoms with Crippen LogP contribution in [0, 0.1) is 0 Å². The summed E-state index contributed by atoms with van der Waals surface area (Å²) in [6.45, 7) is 18.0. The van der Waals surface area contributed by atoms with E-state index in [1.54, 1.807) is 0 Å². The van der Waals surface area contributed by atoms with Gasteiger partial charge in [-0.3, -0.25) is 9.11 Å². The van der Waals surface area contributed by atoms with Crippen LogP contribution in [0.1, 0.15) is 0 Å². The lowest BCUT2D eigenvalue weighted by molar-refractivity contribution is 0.488. The average molecular weight is 276 g/mol. The van der Waals surface area contributed by atoms with Gasteiger partial charge in [0.2, 0.25) is 0 Å². The van der Waals surface area contributed by atoms with E-state index in [-0.39, 0.29) is 0 Å². The van der Waals surface area contributed by atoms with Crippen molar-refractivity contribution in [2.24, 2.45) is 0 Å². The smallest absolute Gasteiger partial charge is 0.261 e. The van der Waals surface area contributed by atoms with Crippen LogP contribution in [-0.2, 0) is 20.2 Å². The highest BCUT2D eigenvalue weighted by molar-refractivity contribution is 7.85. The largest absolute Gasteiger partial charge is 0.286 e. The predicted molar refractivity (Wildman–Crippen MR) is 68.7 cm³/mol. The van der Waals surface area contributed by atoms with Crippen molar-refractivity contribution in [1.29, 1.82) is 0 Å². The predicted octanol–water partition coefficient (Wildman–Crippen LogP) is 1.41. The monoisotopic (exact) mass is 276 g/mol. The van der Waals surface area contributed by atoms with Gasteiger partial charge in [0.1, 0.15) is 0 Å². The maximum atomic E-state index is 9.19. The summed E-state index contributed by atoms with van der Waals surface area (Å²) >= 11 is 0. The standard InChI is InChI=1S/3C2H4.2CH4O3S/c3*1-2;2*1-5(2,3)4/h3*1-2H2;2*1H3,(H,2,3,4). The van der Waals surface area contributed by atoms with Crippen molar-refractivity contribution in [3.8, 4) is 0 Å². The van der Waals surface area contributed by atoms with Crippen molar-refractivity contribution >= 4 is 20.2 Å². The van der Waals surface area contributed by atoms with Gasteiger partial charge in [0, 0.05) is 0 Å². The Labute approximate surface area is 98.5 Å². The normalized spacial score (nSPS) is 8.00. The van der Waals surface area contributed by atoms with Crippen molar-refractivity contribution in [2.75, 3.05) is 12.5 Å². The first-order valence-corrected chi connectivity index (χ1v) is 7.04. The van der Waals surface area contributed by atoms with Crippen molar-refractivity contribution in [3.05, 3.63) is 39.5 Å². The Bertz CT molecular complexity index is 253. The van der Waals surface area contributed by atoms with E-state index in [1.165, 1.54) is 0 Å². The zero-order valence-electron chi connectivity index (χ0n) is 9.59. The lowest BCUT2D eigenvalue weighted by Crippen LogP contribution is -1.88. The highest BCUT2D eigenvalue weighted by atomic mass is 32.2. The molecule has 0 heterocycles. The lowest BCUT2D eigenvalue weighted by atomic mass is 11.3. The summed E-state index contributed by atoms with van der Waals surface area (Å²) in [4.78, 5) is 0. The highest BCUT2D eigenvalue weighted by Crippen LogP contribution is 1.60. The van der Waals surface area contributed by atoms with Crippen LogP contribution < -0.4 is 0 Å². The molecule has 0 saturated heterocycles. The molecule has 0 fully saturated rings. The second-order valence-electron chi connectivity index (χ2n) is 1.47. The molecule has 0 aromatic rings. The molecule has 0 aromatic heterocycles. The van der Waals surface area contributed by atoms with E-state index >= 15 is 0 Å². The molecule has 100 valence electrons. The Morgan fingerprint density at radius 1 is 0.625 bits per heavy atom. The molecule has 0 unspecified atom stereocenters. The van der Waals surface area contributed by atoms with Crippen molar-refractivity contribution < 1.29 is 25.9 Å². The number of rotatable bonds is 0. The minimum Gasteiger partial charge on any atom is -0.286 e. The molecule has 0 atom stereocenters. The van der Waals surface area contributed by atoms with Gasteiger partial charge in [0.25, 0.3) is 20.2 Å². The van der Waals surface area contributed by atoms with Gasteiger partial charge in [-0.15, -0.1) is 39.5 Å². The molecule has 16 heavy (non-hydrogen) atoms. The Morgan fingerprint density at radius 3 is 0.625 bits per heavy atom. The third kappa shape index (κ3) is 2050. The quantitative estimate of drug-likeness (QED) is 0.511. The zero-order chi connectivity index (χ0) is 15.0. The second-order valence-corrected chi connectivity index (χ2v) is 4.40. The summed E-state index contributed by atoms with van der Waals surface area (Å²) in [7, 11) is -7.33. The molecule has 0 bridgehead atoms. The maximum absolute atomic E-state index is 9.19. The number of hydrogen-bond donors (Lipinski definition) is 2. The van der Waals surface area contributed by atoms with Crippen molar-refractivity contribution in [3.63, 3.8) is 0 Å². The first-order chi connectivity index (χ1) is 7.00. The van der Waals surface area contributed by atoms with Gasteiger partial charge in [0.15, 0.2) is 0 Å². The average Bonchev–Trinajstić information content (AvgIpc) is 2.08. The van der Waals surface area contributed by atoms with E-state index in [4.69, 9.17) is 9.11 Å². The second kappa shape index (κ2) is 19.6. The molecule has 0 aromatic carbocycles. The molecule has 0 aliphatic carbocycles. The zero-order valence-corrected chi connectivity index (χ0v) is 11.2. The summed E-state index contributed by atoms with van der Waals surface area (Å²) in [6, 6.07) is 0. The van der Waals surface area contributed by atoms with Gasteiger partial charge in [-0.2, -0.15) is 16.8 Å². The molecule has 0 rings (SSSR count). The Balaban J connectivity index is -0.0000000345. The molecule has 2 N–H and O–H groups in total. The van der Waals surface area contributed by atoms with Crippen LogP contribution in [-0.4, -0.2) is 38.5 Å². The molecule has 0 radical (unpaired) electrons. The molecule has 8 heteroatoms. The van der Waals surface area contributed by atoms with Crippen LogP contribution in [0.2, 0.25) is 0 Å². The van der Waals surface area contributed by atoms with Crippen LogP contribution in [0.5, 0.6) is 0 Å². The van der Waals surface area contributed by atoms with Gasteiger partial charge in [-0.05, 0) is 0 Å². The third-order valence-corrected chi connectivity index (χ3v) is 0. The van der Waals surface area contributed by atoms with Gasteiger partial charge < -0.3 is 0 Å². The van der Waals surface area contributed by atoms with Crippen LogP contribution in [0.4, 0.5) is 0 Å². The topological polar surface area (TPSA) is 109 Å². The van der Waals surface area contributed by atoms with Gasteiger partial charge in [-0.1, -0.05) is 0 Å². The van der Waals surface area contributed by atoms with Crippen LogP contribution in [0.25, 0.3) is 0 Å². The maximum Gasteiger partial charge on any atom is 0.261 e. The van der Waals surface area contributed by atoms with E-state index in [0.717, 1.165) is 0 Å². The van der Waals surface area contributed by atoms with Gasteiger partial charge >= 0.3 is 0 Å². The molecule has 6 nitrogen and oxygen atoms in total. The minimum atomic E-state index is -3.67. The fourth-order valence-corrected chi connectivity index (χ4v) is 0. The van der Waals surface area contributed by atoms with Crippen LogP contribution >= 0.6 is 0 Å². The fourth-order valence-electron chi connectivity index (χ4n) is 0. The molecule has 0 spiro atoms. The van der Waals surface area contributed by atoms with Gasteiger partial charge in [0.05, 0.1) is 12.5 Å². The minimum absolute atomic E-state index is 0.715. The summed E-state index contributed by atoms with van der Waals surface area (Å²) in [5.74, 6) is 0. The summed E-state index contributed by atoms with van der Waals surface area (Å²) < 4.78 is 51.7. The Morgan fingerprint density at radius 2 is 0.625 bits per heavy atom. The van der Waals surface area contributed by atoms with E-state index in [0.29, 0.717) is 12.5 Å². The molecule has 0 aliphatic heterocycles. The lowest BCUT2D eigenvalue weighted by Gasteiger charge is -1.69. The van der Waals surface area contributed by atoms with Crippen molar-refractivity contribution in [2.45, 2.75) is 0 Å². The van der Waals surface area contributed by atoms with E-state index < -0.39 is 20.2 Å². The molecule has 0 aliphatic rings. The first-order valence-electron chi connectivity index (χ1n) is 3.35. The highest BCUT2D eigenvalue weighted by Gasteiger charge is 1.81. The molecule has 0 saturated carbocycles. The molecular weight excluding hydrogens is 256 g/mol. The SMILES string of the molecule is C=C.C=C.C=C.CS(=O)(=O)O.CS(=O)(=O)O. The molecular formula is C8H20O6S2. The number of hydrogen-bond acceptors (Lipinski definition) is 4. The Kier molecular flexibility index (Phi) is 36.0. The third-order valence-electron chi connectivity index (χ3n) is 0. The van der Waals surface area contributed by atoms with E-state index in [1.807, 2.05) is 0 Å². The fraction of sp³-hybridized carbons (Fsp3) is 0.250. The molecule has 0 amide bonds. The van der Waals surface area contributed by atoms with E-state index in [2.05, 4.69) is 39.5 Å². The summed E-state index contributed by atoms with van der Waals surface area (Å²) in [6.07, 6.45) is 1.43. The van der Waals surface area contributed by atoms with Crippen molar-refractivity contribution in [1.82, 2.24) is 0 Å². The summed E-state index contributed by atoms with van der Waals surface area (Å²) in [5, 5.41) is 0. The first kappa shape index (κ1) is 29.4.